The topological polar surface area (TPSA) is 121 Å². The SMILES string of the molecule is C/C=N\N1C(C(=O)NCC(=O)O)=C(O)c2cccc(Oc3ccc(OC)cc3)c2C1=C(C)C. The van der Waals surface area contributed by atoms with Crippen LogP contribution in [0.1, 0.15) is 31.9 Å². The molecular formula is C24H25N3O6. The second kappa shape index (κ2) is 9.90. The molecule has 33 heavy (non-hydrogen) atoms. The maximum atomic E-state index is 12.8. The highest BCUT2D eigenvalue weighted by molar-refractivity contribution is 6.05. The first-order valence-electron chi connectivity index (χ1n) is 10.1. The Morgan fingerprint density at radius 2 is 1.79 bits per heavy atom. The molecule has 3 rings (SSSR count). The van der Waals surface area contributed by atoms with E-state index in [4.69, 9.17) is 14.6 Å². The summed E-state index contributed by atoms with van der Waals surface area (Å²) in [4.78, 5) is 23.8. The number of ether oxygens (including phenoxy) is 2. The van der Waals surface area contributed by atoms with Crippen LogP contribution in [0.5, 0.6) is 17.2 Å². The minimum atomic E-state index is -1.21. The molecular weight excluding hydrogens is 426 g/mol. The molecule has 1 aliphatic heterocycles. The molecule has 0 fully saturated rings. The molecule has 172 valence electrons. The van der Waals surface area contributed by atoms with Crippen LogP contribution in [0.2, 0.25) is 0 Å². The molecule has 0 spiro atoms. The van der Waals surface area contributed by atoms with Crippen molar-refractivity contribution in [1.29, 1.82) is 0 Å². The van der Waals surface area contributed by atoms with Gasteiger partial charge in [0, 0.05) is 11.8 Å². The Morgan fingerprint density at radius 3 is 2.36 bits per heavy atom. The Labute approximate surface area is 191 Å². The van der Waals surface area contributed by atoms with Gasteiger partial charge in [0.2, 0.25) is 0 Å². The summed E-state index contributed by atoms with van der Waals surface area (Å²) in [6.45, 7) is 4.76. The number of nitrogens with one attached hydrogen (secondary N) is 1. The number of carbonyl (C=O) groups excluding carboxylic acids is 1. The molecule has 1 heterocycles. The van der Waals surface area contributed by atoms with Crippen LogP contribution in [0.3, 0.4) is 0 Å². The Bertz CT molecular complexity index is 1160. The molecule has 0 unspecified atom stereocenters. The molecule has 0 atom stereocenters. The number of aliphatic hydroxyl groups excluding tert-OH is 1. The predicted molar refractivity (Wildman–Crippen MR) is 124 cm³/mol. The van der Waals surface area contributed by atoms with Crippen molar-refractivity contribution in [2.24, 2.45) is 5.10 Å². The van der Waals surface area contributed by atoms with Crippen LogP contribution in [-0.4, -0.2) is 47.0 Å². The molecule has 2 aromatic carbocycles. The normalized spacial score (nSPS) is 13.1. The second-order valence-corrected chi connectivity index (χ2v) is 7.26. The van der Waals surface area contributed by atoms with E-state index >= 15 is 0 Å². The lowest BCUT2D eigenvalue weighted by Crippen LogP contribution is -2.37. The fraction of sp³-hybridized carbons (Fsp3) is 0.208. The van der Waals surface area contributed by atoms with Gasteiger partial charge in [-0.15, -0.1) is 0 Å². The van der Waals surface area contributed by atoms with Gasteiger partial charge in [0.25, 0.3) is 5.91 Å². The fourth-order valence-electron chi connectivity index (χ4n) is 3.41. The number of methoxy groups -OCH3 is 1. The lowest BCUT2D eigenvalue weighted by molar-refractivity contribution is -0.137. The Kier molecular flexibility index (Phi) is 7.02. The Balaban J connectivity index is 2.18. The number of hydrazone groups is 1. The number of carbonyl (C=O) groups is 2. The van der Waals surface area contributed by atoms with Crippen molar-refractivity contribution in [2.75, 3.05) is 13.7 Å². The number of allylic oxidation sites excluding steroid dienone is 1. The van der Waals surface area contributed by atoms with E-state index in [-0.39, 0.29) is 11.5 Å². The average Bonchev–Trinajstić information content (AvgIpc) is 2.78. The summed E-state index contributed by atoms with van der Waals surface area (Å²) in [6, 6.07) is 12.2. The molecule has 9 nitrogen and oxygen atoms in total. The number of hydrogen-bond acceptors (Lipinski definition) is 7. The number of benzene rings is 2. The molecule has 1 aliphatic rings. The van der Waals surface area contributed by atoms with Crippen LogP contribution in [0.4, 0.5) is 0 Å². The van der Waals surface area contributed by atoms with Crippen molar-refractivity contribution in [1.82, 2.24) is 10.3 Å². The van der Waals surface area contributed by atoms with Crippen LogP contribution in [0.15, 0.2) is 58.8 Å². The maximum absolute atomic E-state index is 12.8. The van der Waals surface area contributed by atoms with Crippen molar-refractivity contribution in [3.63, 3.8) is 0 Å². The first-order chi connectivity index (χ1) is 15.8. The van der Waals surface area contributed by atoms with Gasteiger partial charge in [0.15, 0.2) is 11.5 Å². The molecule has 0 aromatic heterocycles. The van der Waals surface area contributed by atoms with Crippen molar-refractivity contribution in [3.8, 4) is 17.2 Å². The molecule has 0 saturated carbocycles. The van der Waals surface area contributed by atoms with Gasteiger partial charge in [-0.1, -0.05) is 12.1 Å². The lowest BCUT2D eigenvalue weighted by Gasteiger charge is -2.32. The van der Waals surface area contributed by atoms with Gasteiger partial charge in [-0.2, -0.15) is 5.10 Å². The molecule has 1 amide bonds. The third kappa shape index (κ3) is 4.82. The second-order valence-electron chi connectivity index (χ2n) is 7.26. The Hall–Kier alpha value is -4.27. The van der Waals surface area contributed by atoms with E-state index < -0.39 is 18.4 Å². The number of hydrogen-bond donors (Lipinski definition) is 3. The zero-order chi connectivity index (χ0) is 24.1. The van der Waals surface area contributed by atoms with Crippen LogP contribution >= 0.6 is 0 Å². The quantitative estimate of drug-likeness (QED) is 0.544. The van der Waals surface area contributed by atoms with Crippen LogP contribution < -0.4 is 14.8 Å². The average molecular weight is 451 g/mol. The van der Waals surface area contributed by atoms with Crippen LogP contribution in [0, 0.1) is 0 Å². The smallest absolute Gasteiger partial charge is 0.322 e. The van der Waals surface area contributed by atoms with Crippen LogP contribution in [0.25, 0.3) is 11.5 Å². The van der Waals surface area contributed by atoms with Gasteiger partial charge in [-0.25, -0.2) is 5.01 Å². The van der Waals surface area contributed by atoms with Gasteiger partial charge in [0.05, 0.1) is 18.4 Å². The number of amides is 1. The monoisotopic (exact) mass is 451 g/mol. The minimum Gasteiger partial charge on any atom is -0.505 e. The lowest BCUT2D eigenvalue weighted by atomic mass is 9.93. The molecule has 0 saturated heterocycles. The largest absolute Gasteiger partial charge is 0.505 e. The molecule has 3 N–H and O–H groups in total. The van der Waals surface area contributed by atoms with Gasteiger partial charge in [-0.3, -0.25) is 9.59 Å². The van der Waals surface area contributed by atoms with Crippen molar-refractivity contribution >= 4 is 29.5 Å². The standard InChI is InChI=1S/C24H25N3O6/c1-5-26-27-21(14(2)3)20-17(23(30)22(27)24(31)25-13-19(28)29)7-6-8-18(20)33-16-11-9-15(32-4)10-12-16/h5-12,30H,13H2,1-4H3,(H,25,31)(H,28,29)/b26-5-. The number of aliphatic hydroxyl groups is 1. The maximum Gasteiger partial charge on any atom is 0.322 e. The molecule has 9 heteroatoms. The van der Waals surface area contributed by atoms with Crippen molar-refractivity contribution in [3.05, 3.63) is 64.9 Å². The van der Waals surface area contributed by atoms with E-state index in [0.717, 1.165) is 5.57 Å². The predicted octanol–water partition coefficient (Wildman–Crippen LogP) is 3.99. The van der Waals surface area contributed by atoms with Gasteiger partial charge >= 0.3 is 5.97 Å². The minimum absolute atomic E-state index is 0.181. The molecule has 0 bridgehead atoms. The van der Waals surface area contributed by atoms with E-state index in [2.05, 4.69) is 10.4 Å². The highest BCUT2D eigenvalue weighted by atomic mass is 16.5. The molecule has 2 aromatic rings. The van der Waals surface area contributed by atoms with Crippen molar-refractivity contribution in [2.45, 2.75) is 20.8 Å². The van der Waals surface area contributed by atoms with E-state index in [1.165, 1.54) is 11.2 Å². The summed E-state index contributed by atoms with van der Waals surface area (Å²) >= 11 is 0. The van der Waals surface area contributed by atoms with Crippen molar-refractivity contribution < 1.29 is 29.3 Å². The summed E-state index contributed by atoms with van der Waals surface area (Å²) in [6.07, 6.45) is 1.47. The third-order valence-electron chi connectivity index (χ3n) is 4.77. The molecule has 0 radical (unpaired) electrons. The van der Waals surface area contributed by atoms with E-state index in [1.54, 1.807) is 56.5 Å². The number of fused-ring (bicyclic) bond motifs is 1. The Morgan fingerprint density at radius 1 is 1.12 bits per heavy atom. The zero-order valence-corrected chi connectivity index (χ0v) is 18.7. The number of rotatable bonds is 7. The summed E-state index contributed by atoms with van der Waals surface area (Å²) in [5.74, 6) is -0.639. The zero-order valence-electron chi connectivity index (χ0n) is 18.7. The number of carboxylic acid groups (broad SMARTS) is 1. The summed E-state index contributed by atoms with van der Waals surface area (Å²) < 4.78 is 11.3. The third-order valence-corrected chi connectivity index (χ3v) is 4.77. The first kappa shape index (κ1) is 23.4. The number of nitrogens with zero attached hydrogens (tertiary/aromatic N) is 2. The van der Waals surface area contributed by atoms with E-state index in [9.17, 15) is 14.7 Å². The highest BCUT2D eigenvalue weighted by Crippen LogP contribution is 2.44. The number of carboxylic acids is 1. The summed E-state index contributed by atoms with van der Waals surface area (Å²) in [5, 5.41) is 27.9. The summed E-state index contributed by atoms with van der Waals surface area (Å²) in [5.41, 5.74) is 2.06. The van der Waals surface area contributed by atoms with E-state index in [1.807, 2.05) is 13.8 Å². The number of aliphatic carboxylic acids is 1. The van der Waals surface area contributed by atoms with E-state index in [0.29, 0.717) is 34.1 Å². The first-order valence-corrected chi connectivity index (χ1v) is 10.1. The molecule has 0 aliphatic carbocycles. The van der Waals surface area contributed by atoms with Gasteiger partial charge in [-0.05, 0) is 56.7 Å². The van der Waals surface area contributed by atoms with Gasteiger partial charge in [0.1, 0.15) is 23.8 Å². The summed E-state index contributed by atoms with van der Waals surface area (Å²) in [7, 11) is 1.58. The van der Waals surface area contributed by atoms with Crippen LogP contribution in [-0.2, 0) is 9.59 Å². The highest BCUT2D eigenvalue weighted by Gasteiger charge is 2.36. The fourth-order valence-corrected chi connectivity index (χ4v) is 3.41. The van der Waals surface area contributed by atoms with Gasteiger partial charge < -0.3 is 25.0 Å².